The molecule has 0 spiro atoms. The van der Waals surface area contributed by atoms with Gasteiger partial charge in [-0.15, -0.1) is 0 Å². The number of morpholine rings is 1. The van der Waals surface area contributed by atoms with Gasteiger partial charge < -0.3 is 29.6 Å². The Labute approximate surface area is 187 Å². The standard InChI is InChI=1S/C23H40N4O4/c1-7-24-23(26-16-20(17(2)3)27-10-12-31-13-11-27)25-9-8-19-21(29-5)14-18(28-4)15-22(19)30-6/h14-15,17,20H,7-13,16H2,1-6H3,(H2,24,25,26). The zero-order chi connectivity index (χ0) is 22.6. The first kappa shape index (κ1) is 25.1. The predicted octanol–water partition coefficient (Wildman–Crippen LogP) is 2.17. The highest BCUT2D eigenvalue weighted by Gasteiger charge is 2.23. The number of methoxy groups -OCH3 is 3. The summed E-state index contributed by atoms with van der Waals surface area (Å²) < 4.78 is 22.0. The van der Waals surface area contributed by atoms with Crippen molar-refractivity contribution < 1.29 is 18.9 Å². The van der Waals surface area contributed by atoms with E-state index < -0.39 is 0 Å². The molecule has 0 radical (unpaired) electrons. The lowest BCUT2D eigenvalue weighted by atomic mass is 10.0. The summed E-state index contributed by atoms with van der Waals surface area (Å²) in [7, 11) is 4.96. The highest BCUT2D eigenvalue weighted by molar-refractivity contribution is 5.79. The third-order valence-electron chi connectivity index (χ3n) is 5.55. The van der Waals surface area contributed by atoms with Crippen LogP contribution in [0.2, 0.25) is 0 Å². The molecule has 2 rings (SSSR count). The Hall–Kier alpha value is -2.19. The first-order valence-corrected chi connectivity index (χ1v) is 11.2. The fourth-order valence-electron chi connectivity index (χ4n) is 3.81. The molecule has 176 valence electrons. The number of nitrogens with zero attached hydrogens (tertiary/aromatic N) is 2. The van der Waals surface area contributed by atoms with Crippen molar-refractivity contribution in [3.05, 3.63) is 17.7 Å². The van der Waals surface area contributed by atoms with E-state index >= 15 is 0 Å². The van der Waals surface area contributed by atoms with Gasteiger partial charge in [-0.25, -0.2) is 0 Å². The molecule has 1 aromatic rings. The zero-order valence-corrected chi connectivity index (χ0v) is 20.0. The Balaban J connectivity index is 2.03. The van der Waals surface area contributed by atoms with E-state index in [0.717, 1.165) is 68.8 Å². The molecule has 8 nitrogen and oxygen atoms in total. The van der Waals surface area contributed by atoms with Crippen LogP contribution in [0.1, 0.15) is 26.3 Å². The van der Waals surface area contributed by atoms with Gasteiger partial charge in [-0.1, -0.05) is 13.8 Å². The van der Waals surface area contributed by atoms with Crippen LogP contribution in [0, 0.1) is 5.92 Å². The second-order valence-electron chi connectivity index (χ2n) is 7.87. The normalized spacial score (nSPS) is 16.2. The third-order valence-corrected chi connectivity index (χ3v) is 5.55. The minimum absolute atomic E-state index is 0.404. The minimum atomic E-state index is 0.404. The smallest absolute Gasteiger partial charge is 0.191 e. The number of hydrogen-bond donors (Lipinski definition) is 2. The maximum Gasteiger partial charge on any atom is 0.191 e. The van der Waals surface area contributed by atoms with Crippen LogP contribution in [0.4, 0.5) is 0 Å². The average molecular weight is 437 g/mol. The molecule has 1 unspecified atom stereocenters. The summed E-state index contributed by atoms with van der Waals surface area (Å²) in [6.07, 6.45) is 0.734. The molecular weight excluding hydrogens is 396 g/mol. The van der Waals surface area contributed by atoms with Crippen LogP contribution in [0.25, 0.3) is 0 Å². The number of ether oxygens (including phenoxy) is 4. The fourth-order valence-corrected chi connectivity index (χ4v) is 3.81. The van der Waals surface area contributed by atoms with Gasteiger partial charge in [0.05, 0.1) is 41.1 Å². The van der Waals surface area contributed by atoms with Crippen LogP contribution >= 0.6 is 0 Å². The molecule has 0 saturated carbocycles. The summed E-state index contributed by atoms with van der Waals surface area (Å²) in [5.41, 5.74) is 1.00. The molecule has 1 saturated heterocycles. The summed E-state index contributed by atoms with van der Waals surface area (Å²) in [5, 5.41) is 6.81. The number of guanidine groups is 1. The van der Waals surface area contributed by atoms with E-state index in [9.17, 15) is 0 Å². The summed E-state index contributed by atoms with van der Waals surface area (Å²) >= 11 is 0. The van der Waals surface area contributed by atoms with E-state index in [2.05, 4.69) is 36.3 Å². The van der Waals surface area contributed by atoms with E-state index in [1.54, 1.807) is 21.3 Å². The van der Waals surface area contributed by atoms with E-state index in [1.165, 1.54) is 0 Å². The third kappa shape index (κ3) is 7.47. The van der Waals surface area contributed by atoms with Gasteiger partial charge in [-0.2, -0.15) is 0 Å². The molecule has 31 heavy (non-hydrogen) atoms. The van der Waals surface area contributed by atoms with Crippen LogP contribution in [-0.4, -0.2) is 84.2 Å². The van der Waals surface area contributed by atoms with Crippen LogP contribution in [0.5, 0.6) is 17.2 Å². The molecule has 0 aromatic heterocycles. The van der Waals surface area contributed by atoms with Crippen LogP contribution < -0.4 is 24.8 Å². The van der Waals surface area contributed by atoms with Crippen LogP contribution in [0.3, 0.4) is 0 Å². The Morgan fingerprint density at radius 3 is 2.23 bits per heavy atom. The van der Waals surface area contributed by atoms with Gasteiger partial charge in [-0.3, -0.25) is 9.89 Å². The number of hydrogen-bond acceptors (Lipinski definition) is 6. The SMILES string of the molecule is CCNC(=NCC(C(C)C)N1CCOCC1)NCCc1c(OC)cc(OC)cc1OC. The number of nitrogens with one attached hydrogen (secondary N) is 2. The van der Waals surface area contributed by atoms with Gasteiger partial charge in [0, 0.05) is 49.9 Å². The molecule has 1 fully saturated rings. The van der Waals surface area contributed by atoms with Crippen molar-refractivity contribution in [3.63, 3.8) is 0 Å². The first-order chi connectivity index (χ1) is 15.0. The van der Waals surface area contributed by atoms with Gasteiger partial charge in [0.1, 0.15) is 17.2 Å². The van der Waals surface area contributed by atoms with E-state index in [4.69, 9.17) is 23.9 Å². The summed E-state index contributed by atoms with van der Waals surface area (Å²) in [6, 6.07) is 4.17. The van der Waals surface area contributed by atoms with Crippen molar-refractivity contribution in [2.75, 3.05) is 67.3 Å². The highest BCUT2D eigenvalue weighted by Crippen LogP contribution is 2.34. The number of aliphatic imine (C=N–C) groups is 1. The lowest BCUT2D eigenvalue weighted by Gasteiger charge is -2.36. The largest absolute Gasteiger partial charge is 0.496 e. The average Bonchev–Trinajstić information content (AvgIpc) is 2.79. The molecular formula is C23H40N4O4. The second-order valence-corrected chi connectivity index (χ2v) is 7.87. The Morgan fingerprint density at radius 2 is 1.71 bits per heavy atom. The Kier molecular flexibility index (Phi) is 10.7. The second kappa shape index (κ2) is 13.3. The van der Waals surface area contributed by atoms with Crippen LogP contribution in [0.15, 0.2) is 17.1 Å². The quantitative estimate of drug-likeness (QED) is 0.407. The Bertz CT molecular complexity index is 665. The lowest BCUT2D eigenvalue weighted by Crippen LogP contribution is -2.48. The van der Waals surface area contributed by atoms with Gasteiger partial charge in [-0.05, 0) is 19.3 Å². The van der Waals surface area contributed by atoms with E-state index in [0.29, 0.717) is 24.3 Å². The molecule has 1 atom stereocenters. The van der Waals surface area contributed by atoms with E-state index in [-0.39, 0.29) is 0 Å². The molecule has 1 aliphatic heterocycles. The van der Waals surface area contributed by atoms with Crippen molar-refractivity contribution in [1.29, 1.82) is 0 Å². The summed E-state index contributed by atoms with van der Waals surface area (Å²) in [4.78, 5) is 7.38. The molecule has 8 heteroatoms. The van der Waals surface area contributed by atoms with Crippen molar-refractivity contribution in [3.8, 4) is 17.2 Å². The van der Waals surface area contributed by atoms with Crippen molar-refractivity contribution >= 4 is 5.96 Å². The van der Waals surface area contributed by atoms with Gasteiger partial charge in [0.15, 0.2) is 5.96 Å². The highest BCUT2D eigenvalue weighted by atomic mass is 16.5. The Morgan fingerprint density at radius 1 is 1.06 bits per heavy atom. The predicted molar refractivity (Wildman–Crippen MR) is 125 cm³/mol. The number of benzene rings is 1. The van der Waals surface area contributed by atoms with E-state index in [1.807, 2.05) is 12.1 Å². The van der Waals surface area contributed by atoms with Gasteiger partial charge in [0.25, 0.3) is 0 Å². The topological polar surface area (TPSA) is 76.6 Å². The van der Waals surface area contributed by atoms with Gasteiger partial charge in [0.2, 0.25) is 0 Å². The monoisotopic (exact) mass is 436 g/mol. The molecule has 1 aliphatic rings. The summed E-state index contributed by atoms with van der Waals surface area (Å²) in [5.74, 6) is 3.58. The van der Waals surface area contributed by atoms with Crippen LogP contribution in [-0.2, 0) is 11.2 Å². The van der Waals surface area contributed by atoms with Crippen molar-refractivity contribution in [2.45, 2.75) is 33.2 Å². The molecule has 0 amide bonds. The molecule has 2 N–H and O–H groups in total. The fraction of sp³-hybridized carbons (Fsp3) is 0.696. The lowest BCUT2D eigenvalue weighted by molar-refractivity contribution is 0.00867. The maximum atomic E-state index is 5.56. The molecule has 0 bridgehead atoms. The molecule has 1 aromatic carbocycles. The van der Waals surface area contributed by atoms with Crippen molar-refractivity contribution in [1.82, 2.24) is 15.5 Å². The number of rotatable bonds is 11. The maximum absolute atomic E-state index is 5.56. The zero-order valence-electron chi connectivity index (χ0n) is 20.0. The molecule has 0 aliphatic carbocycles. The molecule has 1 heterocycles. The minimum Gasteiger partial charge on any atom is -0.496 e. The summed E-state index contributed by atoms with van der Waals surface area (Å²) in [6.45, 7) is 12.4. The van der Waals surface area contributed by atoms with Crippen molar-refractivity contribution in [2.24, 2.45) is 10.9 Å². The first-order valence-electron chi connectivity index (χ1n) is 11.2. The van der Waals surface area contributed by atoms with Gasteiger partial charge >= 0.3 is 0 Å².